The maximum atomic E-state index is 9.51. The fourth-order valence-corrected chi connectivity index (χ4v) is 1.85. The number of hydrogen-bond donors (Lipinski definition) is 4. The lowest BCUT2D eigenvalue weighted by atomic mass is 10.00. The van der Waals surface area contributed by atoms with E-state index in [-0.39, 0.29) is 12.1 Å². The van der Waals surface area contributed by atoms with Gasteiger partial charge >= 0.3 is 0 Å². The van der Waals surface area contributed by atoms with Crippen molar-refractivity contribution < 1.29 is 5.11 Å². The van der Waals surface area contributed by atoms with Crippen molar-refractivity contribution in [3.05, 3.63) is 11.4 Å². The molecule has 1 aliphatic carbocycles. The normalized spacial score (nSPS) is 17.9. The summed E-state index contributed by atoms with van der Waals surface area (Å²) in [4.78, 5) is 9.04. The molecular formula is C13H23N5O. The minimum atomic E-state index is -0.383. The molecule has 0 radical (unpaired) electrons. The van der Waals surface area contributed by atoms with Gasteiger partial charge in [-0.3, -0.25) is 0 Å². The van der Waals surface area contributed by atoms with Gasteiger partial charge < -0.3 is 15.8 Å². The van der Waals surface area contributed by atoms with Crippen LogP contribution in [0.25, 0.3) is 0 Å². The molecule has 0 bridgehead atoms. The zero-order valence-corrected chi connectivity index (χ0v) is 11.8. The van der Waals surface area contributed by atoms with Gasteiger partial charge in [0.25, 0.3) is 0 Å². The maximum Gasteiger partial charge on any atom is 0.148 e. The highest BCUT2D eigenvalue weighted by Crippen LogP contribution is 2.39. The Morgan fingerprint density at radius 2 is 2.00 bits per heavy atom. The van der Waals surface area contributed by atoms with Gasteiger partial charge in [-0.1, -0.05) is 6.92 Å². The van der Waals surface area contributed by atoms with Gasteiger partial charge in [-0.2, -0.15) is 0 Å². The molecule has 6 heteroatoms. The first-order valence-corrected chi connectivity index (χ1v) is 6.77. The van der Waals surface area contributed by atoms with Crippen LogP contribution < -0.4 is 16.6 Å². The van der Waals surface area contributed by atoms with E-state index < -0.39 is 0 Å². The van der Waals surface area contributed by atoms with Crippen molar-refractivity contribution in [1.82, 2.24) is 9.97 Å². The number of aliphatic hydroxyl groups excluding tert-OH is 1. The summed E-state index contributed by atoms with van der Waals surface area (Å²) in [5, 5.41) is 12.8. The van der Waals surface area contributed by atoms with Crippen molar-refractivity contribution in [1.29, 1.82) is 0 Å². The van der Waals surface area contributed by atoms with E-state index in [2.05, 4.69) is 20.7 Å². The summed E-state index contributed by atoms with van der Waals surface area (Å²) in [5.74, 6) is 8.21. The molecule has 2 rings (SSSR count). The minimum Gasteiger partial charge on any atom is -0.394 e. The van der Waals surface area contributed by atoms with Gasteiger partial charge in [-0.15, -0.1) is 0 Å². The lowest BCUT2D eigenvalue weighted by molar-refractivity contribution is 0.218. The number of aromatic nitrogens is 2. The number of nitrogens with two attached hydrogens (primary N) is 1. The molecule has 1 aromatic rings. The zero-order valence-electron chi connectivity index (χ0n) is 11.8. The fraction of sp³-hybridized carbons (Fsp3) is 0.692. The molecule has 0 spiro atoms. The van der Waals surface area contributed by atoms with Crippen LogP contribution in [0.5, 0.6) is 0 Å². The van der Waals surface area contributed by atoms with Crippen LogP contribution in [-0.4, -0.2) is 27.2 Å². The first-order chi connectivity index (χ1) is 9.03. The summed E-state index contributed by atoms with van der Waals surface area (Å²) in [7, 11) is 0. The van der Waals surface area contributed by atoms with Gasteiger partial charge in [0, 0.05) is 11.5 Å². The molecule has 1 saturated carbocycles. The van der Waals surface area contributed by atoms with Gasteiger partial charge in [0.05, 0.1) is 12.1 Å². The largest absolute Gasteiger partial charge is 0.394 e. The summed E-state index contributed by atoms with van der Waals surface area (Å²) in [6.07, 6.45) is 3.08. The van der Waals surface area contributed by atoms with Gasteiger partial charge in [-0.25, -0.2) is 15.8 Å². The first kappa shape index (κ1) is 14.0. The van der Waals surface area contributed by atoms with Crippen LogP contribution in [-0.2, 0) is 0 Å². The fourth-order valence-electron chi connectivity index (χ4n) is 1.85. The van der Waals surface area contributed by atoms with Crippen molar-refractivity contribution in [2.45, 2.75) is 51.5 Å². The molecule has 1 aliphatic rings. The second-order valence-corrected chi connectivity index (χ2v) is 5.52. The molecule has 1 fully saturated rings. The molecule has 1 atom stereocenters. The molecular weight excluding hydrogens is 242 g/mol. The van der Waals surface area contributed by atoms with Gasteiger partial charge in [0.2, 0.25) is 0 Å². The Kier molecular flexibility index (Phi) is 3.91. The van der Waals surface area contributed by atoms with Gasteiger partial charge in [0.1, 0.15) is 17.5 Å². The second kappa shape index (κ2) is 5.30. The third-order valence-corrected chi connectivity index (χ3v) is 3.79. The molecule has 0 amide bonds. The number of aliphatic hydroxyl groups is 1. The van der Waals surface area contributed by atoms with E-state index in [0.717, 1.165) is 36.5 Å². The predicted octanol–water partition coefficient (Wildman–Crippen LogP) is 1.52. The third kappa shape index (κ3) is 2.96. The Morgan fingerprint density at radius 3 is 2.47 bits per heavy atom. The number of hydrogen-bond acceptors (Lipinski definition) is 6. The highest BCUT2D eigenvalue weighted by atomic mass is 16.3. The highest BCUT2D eigenvalue weighted by Gasteiger charge is 2.29. The average Bonchev–Trinajstić information content (AvgIpc) is 3.25. The lowest BCUT2D eigenvalue weighted by Gasteiger charge is -2.29. The van der Waals surface area contributed by atoms with Crippen LogP contribution in [0.3, 0.4) is 0 Å². The molecule has 0 aliphatic heterocycles. The topological polar surface area (TPSA) is 96.1 Å². The van der Waals surface area contributed by atoms with E-state index in [9.17, 15) is 5.11 Å². The van der Waals surface area contributed by atoms with Crippen molar-refractivity contribution in [2.75, 3.05) is 17.3 Å². The number of nitrogens with one attached hydrogen (secondary N) is 2. The number of nitrogens with zero attached hydrogens (tertiary/aromatic N) is 2. The number of nitrogen functional groups attached to an aromatic ring is 1. The Bertz CT molecular complexity index is 455. The molecule has 19 heavy (non-hydrogen) atoms. The van der Waals surface area contributed by atoms with Gasteiger partial charge in [0.15, 0.2) is 0 Å². The Morgan fingerprint density at radius 1 is 1.37 bits per heavy atom. The van der Waals surface area contributed by atoms with Crippen LogP contribution >= 0.6 is 0 Å². The Labute approximate surface area is 113 Å². The van der Waals surface area contributed by atoms with Crippen LogP contribution in [0.4, 0.5) is 11.6 Å². The number of hydrazine groups is 1. The average molecular weight is 265 g/mol. The standard InChI is InChI=1S/C13H23N5O/c1-4-13(3,7-19)17-10-8(2)11(18-14)16-12(15-10)9-5-6-9/h9,19H,4-7,14H2,1-3H3,(H2,15,16,17,18). The predicted molar refractivity (Wildman–Crippen MR) is 76.0 cm³/mol. The van der Waals surface area contributed by atoms with Crippen LogP contribution in [0.1, 0.15) is 50.4 Å². The minimum absolute atomic E-state index is 0.0527. The summed E-state index contributed by atoms with van der Waals surface area (Å²) in [6, 6.07) is 0. The third-order valence-electron chi connectivity index (χ3n) is 3.79. The smallest absolute Gasteiger partial charge is 0.148 e. The molecule has 1 aromatic heterocycles. The van der Waals surface area contributed by atoms with Gasteiger partial charge in [-0.05, 0) is 33.1 Å². The lowest BCUT2D eigenvalue weighted by Crippen LogP contribution is -2.38. The maximum absolute atomic E-state index is 9.51. The number of rotatable bonds is 6. The molecule has 5 N–H and O–H groups in total. The SMILES string of the molecule is CCC(C)(CO)Nc1nc(C2CC2)nc(NN)c1C. The molecule has 1 unspecified atom stereocenters. The second-order valence-electron chi connectivity index (χ2n) is 5.52. The van der Waals surface area contributed by atoms with E-state index in [1.165, 1.54) is 0 Å². The van der Waals surface area contributed by atoms with E-state index >= 15 is 0 Å². The molecule has 106 valence electrons. The summed E-state index contributed by atoms with van der Waals surface area (Å²) in [6.45, 7) is 5.98. The van der Waals surface area contributed by atoms with Crippen molar-refractivity contribution >= 4 is 11.6 Å². The molecule has 6 nitrogen and oxygen atoms in total. The van der Waals surface area contributed by atoms with E-state index in [4.69, 9.17) is 5.84 Å². The first-order valence-electron chi connectivity index (χ1n) is 6.77. The quantitative estimate of drug-likeness (QED) is 0.460. The Balaban J connectivity index is 2.35. The van der Waals surface area contributed by atoms with E-state index in [0.29, 0.717) is 11.7 Å². The summed E-state index contributed by atoms with van der Waals surface area (Å²) in [5.41, 5.74) is 3.12. The summed E-state index contributed by atoms with van der Waals surface area (Å²) < 4.78 is 0. The molecule has 0 aromatic carbocycles. The van der Waals surface area contributed by atoms with Crippen LogP contribution in [0.15, 0.2) is 0 Å². The number of anilines is 2. The summed E-state index contributed by atoms with van der Waals surface area (Å²) >= 11 is 0. The molecule has 0 saturated heterocycles. The van der Waals surface area contributed by atoms with E-state index in [1.807, 2.05) is 20.8 Å². The van der Waals surface area contributed by atoms with Crippen molar-refractivity contribution in [3.8, 4) is 0 Å². The van der Waals surface area contributed by atoms with Crippen LogP contribution in [0.2, 0.25) is 0 Å². The van der Waals surface area contributed by atoms with Crippen molar-refractivity contribution in [2.24, 2.45) is 5.84 Å². The molecule has 1 heterocycles. The Hall–Kier alpha value is -1.40. The highest BCUT2D eigenvalue weighted by molar-refractivity contribution is 5.58. The van der Waals surface area contributed by atoms with Crippen molar-refractivity contribution in [3.63, 3.8) is 0 Å². The van der Waals surface area contributed by atoms with E-state index in [1.54, 1.807) is 0 Å². The monoisotopic (exact) mass is 265 g/mol. The van der Waals surface area contributed by atoms with Crippen LogP contribution in [0, 0.1) is 6.92 Å². The zero-order chi connectivity index (χ0) is 14.0.